The number of primary amides is 2. The van der Waals surface area contributed by atoms with Crippen LogP contribution in [0.2, 0.25) is 0 Å². The quantitative estimate of drug-likeness (QED) is 0.576. The third kappa shape index (κ3) is 4.32. The molecule has 0 saturated heterocycles. The van der Waals surface area contributed by atoms with E-state index in [4.69, 9.17) is 11.5 Å². The van der Waals surface area contributed by atoms with E-state index in [1.165, 1.54) is 0 Å². The highest BCUT2D eigenvalue weighted by Crippen LogP contribution is 2.03. The Morgan fingerprint density at radius 1 is 0.875 bits per heavy atom. The normalized spacial score (nSPS) is 9.50. The SMILES string of the molecule is NC(=O)NCc1ccc(CNC(N)=O)cc1. The molecule has 1 aromatic carbocycles. The highest BCUT2D eigenvalue weighted by Gasteiger charge is 1.97. The van der Waals surface area contributed by atoms with Crippen LogP contribution in [0.4, 0.5) is 9.59 Å². The molecule has 6 nitrogen and oxygen atoms in total. The monoisotopic (exact) mass is 222 g/mol. The Hall–Kier alpha value is -2.24. The van der Waals surface area contributed by atoms with Gasteiger partial charge in [-0.2, -0.15) is 0 Å². The van der Waals surface area contributed by atoms with Crippen molar-refractivity contribution in [3.05, 3.63) is 35.4 Å². The third-order valence-electron chi connectivity index (χ3n) is 1.96. The summed E-state index contributed by atoms with van der Waals surface area (Å²) >= 11 is 0. The average molecular weight is 222 g/mol. The van der Waals surface area contributed by atoms with Gasteiger partial charge >= 0.3 is 12.1 Å². The van der Waals surface area contributed by atoms with Crippen molar-refractivity contribution >= 4 is 12.1 Å². The number of carbonyl (C=O) groups is 2. The minimum Gasteiger partial charge on any atom is -0.352 e. The molecule has 0 saturated carbocycles. The number of hydrogen-bond donors (Lipinski definition) is 4. The van der Waals surface area contributed by atoms with Crippen molar-refractivity contribution in [3.8, 4) is 0 Å². The maximum Gasteiger partial charge on any atom is 0.312 e. The molecular formula is C10H14N4O2. The predicted octanol–water partition coefficient (Wildman–Crippen LogP) is 0.0232. The van der Waals surface area contributed by atoms with Crippen LogP contribution in [0.1, 0.15) is 11.1 Å². The number of nitrogens with two attached hydrogens (primary N) is 2. The number of benzene rings is 1. The fraction of sp³-hybridized carbons (Fsp3) is 0.200. The van der Waals surface area contributed by atoms with Crippen LogP contribution in [0.3, 0.4) is 0 Å². The summed E-state index contributed by atoms with van der Waals surface area (Å²) in [5.41, 5.74) is 11.7. The van der Waals surface area contributed by atoms with Crippen LogP contribution < -0.4 is 22.1 Å². The first-order valence-corrected chi connectivity index (χ1v) is 4.72. The fourth-order valence-electron chi connectivity index (χ4n) is 1.15. The van der Waals surface area contributed by atoms with Gasteiger partial charge in [-0.3, -0.25) is 0 Å². The molecule has 0 heterocycles. The van der Waals surface area contributed by atoms with Crippen molar-refractivity contribution in [1.82, 2.24) is 10.6 Å². The maximum atomic E-state index is 10.5. The Morgan fingerprint density at radius 2 is 1.19 bits per heavy atom. The Morgan fingerprint density at radius 3 is 1.44 bits per heavy atom. The molecule has 0 bridgehead atoms. The molecule has 4 amide bonds. The molecule has 0 aromatic heterocycles. The molecule has 6 N–H and O–H groups in total. The zero-order chi connectivity index (χ0) is 12.0. The maximum absolute atomic E-state index is 10.5. The van der Waals surface area contributed by atoms with Crippen LogP contribution in [0.15, 0.2) is 24.3 Å². The first-order valence-electron chi connectivity index (χ1n) is 4.72. The van der Waals surface area contributed by atoms with E-state index in [2.05, 4.69) is 10.6 Å². The molecule has 1 rings (SSSR count). The smallest absolute Gasteiger partial charge is 0.312 e. The molecule has 0 unspecified atom stereocenters. The van der Waals surface area contributed by atoms with Crippen LogP contribution in [0, 0.1) is 0 Å². The first-order chi connectivity index (χ1) is 7.58. The van der Waals surface area contributed by atoms with Gasteiger partial charge < -0.3 is 22.1 Å². The number of carbonyl (C=O) groups excluding carboxylic acids is 2. The van der Waals surface area contributed by atoms with Crippen molar-refractivity contribution in [2.45, 2.75) is 13.1 Å². The van der Waals surface area contributed by atoms with E-state index in [1.54, 1.807) is 0 Å². The minimum atomic E-state index is -0.556. The lowest BCUT2D eigenvalue weighted by atomic mass is 10.1. The summed E-state index contributed by atoms with van der Waals surface area (Å²) in [4.78, 5) is 20.9. The highest BCUT2D eigenvalue weighted by molar-refractivity contribution is 5.71. The number of urea groups is 2. The molecule has 0 aliphatic heterocycles. The largest absolute Gasteiger partial charge is 0.352 e. The van der Waals surface area contributed by atoms with Gasteiger partial charge in [0.05, 0.1) is 0 Å². The van der Waals surface area contributed by atoms with Crippen LogP contribution in [-0.4, -0.2) is 12.1 Å². The van der Waals surface area contributed by atoms with Gasteiger partial charge in [0.25, 0.3) is 0 Å². The van der Waals surface area contributed by atoms with Crippen molar-refractivity contribution in [1.29, 1.82) is 0 Å². The zero-order valence-corrected chi connectivity index (χ0v) is 8.69. The van der Waals surface area contributed by atoms with Gasteiger partial charge in [-0.25, -0.2) is 9.59 Å². The molecule has 0 fully saturated rings. The Kier molecular flexibility index (Phi) is 4.14. The number of rotatable bonds is 4. The molecule has 0 radical (unpaired) electrons. The molecule has 0 spiro atoms. The molecule has 0 atom stereocenters. The standard InChI is InChI=1S/C10H14N4O2/c11-9(15)13-5-7-1-2-8(4-3-7)6-14-10(12)16/h1-4H,5-6H2,(H3,11,13,15)(H3,12,14,16). The fourth-order valence-corrected chi connectivity index (χ4v) is 1.15. The van der Waals surface area contributed by atoms with Crippen molar-refractivity contribution in [2.75, 3.05) is 0 Å². The van der Waals surface area contributed by atoms with E-state index in [1.807, 2.05) is 24.3 Å². The molecule has 16 heavy (non-hydrogen) atoms. The van der Waals surface area contributed by atoms with E-state index in [-0.39, 0.29) is 0 Å². The highest BCUT2D eigenvalue weighted by atomic mass is 16.2. The second kappa shape index (κ2) is 5.59. The summed E-state index contributed by atoms with van der Waals surface area (Å²) in [7, 11) is 0. The molecule has 86 valence electrons. The third-order valence-corrected chi connectivity index (χ3v) is 1.96. The van der Waals surface area contributed by atoms with E-state index < -0.39 is 12.1 Å². The lowest BCUT2D eigenvalue weighted by molar-refractivity contribution is 0.247. The molecule has 1 aromatic rings. The summed E-state index contributed by atoms with van der Waals surface area (Å²) < 4.78 is 0. The molecule has 0 aliphatic carbocycles. The van der Waals surface area contributed by atoms with E-state index in [0.29, 0.717) is 13.1 Å². The van der Waals surface area contributed by atoms with Crippen molar-refractivity contribution in [3.63, 3.8) is 0 Å². The lowest BCUT2D eigenvalue weighted by Crippen LogP contribution is -2.29. The second-order valence-electron chi connectivity index (χ2n) is 3.25. The number of nitrogens with one attached hydrogen (secondary N) is 2. The summed E-state index contributed by atoms with van der Waals surface area (Å²) in [6.07, 6.45) is 0. The van der Waals surface area contributed by atoms with Crippen LogP contribution in [0.25, 0.3) is 0 Å². The number of hydrogen-bond acceptors (Lipinski definition) is 2. The van der Waals surface area contributed by atoms with Gasteiger partial charge in [-0.15, -0.1) is 0 Å². The van der Waals surface area contributed by atoms with E-state index >= 15 is 0 Å². The Balaban J connectivity index is 2.47. The van der Waals surface area contributed by atoms with Gasteiger partial charge in [0, 0.05) is 13.1 Å². The van der Waals surface area contributed by atoms with Crippen LogP contribution in [-0.2, 0) is 13.1 Å². The summed E-state index contributed by atoms with van der Waals surface area (Å²) in [6, 6.07) is 6.25. The Labute approximate surface area is 93.0 Å². The molecule has 0 aliphatic rings. The van der Waals surface area contributed by atoms with Crippen molar-refractivity contribution < 1.29 is 9.59 Å². The van der Waals surface area contributed by atoms with Gasteiger partial charge in [0.15, 0.2) is 0 Å². The molecular weight excluding hydrogens is 208 g/mol. The Bertz CT molecular complexity index is 338. The first kappa shape index (κ1) is 11.8. The second-order valence-corrected chi connectivity index (χ2v) is 3.25. The van der Waals surface area contributed by atoms with Crippen molar-refractivity contribution in [2.24, 2.45) is 11.5 Å². The van der Waals surface area contributed by atoms with Gasteiger partial charge in [-0.1, -0.05) is 24.3 Å². The predicted molar refractivity (Wildman–Crippen MR) is 59.3 cm³/mol. The van der Waals surface area contributed by atoms with E-state index in [9.17, 15) is 9.59 Å². The summed E-state index contributed by atoms with van der Waals surface area (Å²) in [5, 5.41) is 4.96. The lowest BCUT2D eigenvalue weighted by Gasteiger charge is -2.05. The minimum absolute atomic E-state index is 0.388. The summed E-state index contributed by atoms with van der Waals surface area (Å²) in [5.74, 6) is 0. The molecule has 6 heteroatoms. The van der Waals surface area contributed by atoms with Gasteiger partial charge in [0.2, 0.25) is 0 Å². The van der Waals surface area contributed by atoms with Crippen LogP contribution in [0.5, 0.6) is 0 Å². The average Bonchev–Trinajstić information content (AvgIpc) is 2.25. The topological polar surface area (TPSA) is 110 Å². The zero-order valence-electron chi connectivity index (χ0n) is 8.69. The van der Waals surface area contributed by atoms with Gasteiger partial charge in [0.1, 0.15) is 0 Å². The van der Waals surface area contributed by atoms with Crippen LogP contribution >= 0.6 is 0 Å². The summed E-state index contributed by atoms with van der Waals surface area (Å²) in [6.45, 7) is 0.776. The van der Waals surface area contributed by atoms with E-state index in [0.717, 1.165) is 11.1 Å². The van der Waals surface area contributed by atoms with Gasteiger partial charge in [-0.05, 0) is 11.1 Å². The number of amides is 4.